The molecule has 0 saturated heterocycles. The molecule has 0 radical (unpaired) electrons. The van der Waals surface area contributed by atoms with Crippen LogP contribution in [0.3, 0.4) is 0 Å². The standard InChI is InChI=1S/C15H14N6O/c1-2-21-13(22)8-17-14-15(21)19-12(7-16-14)9-4-3-5-11-10(9)6-18-20-11/h3-7H,2,8H2,1H3,(H,16,17)(H,18,20). The number of aromatic amines is 1. The Morgan fingerprint density at radius 2 is 2.23 bits per heavy atom. The fourth-order valence-corrected chi connectivity index (χ4v) is 2.71. The molecule has 110 valence electrons. The average Bonchev–Trinajstić information content (AvgIpc) is 3.03. The second-order valence-corrected chi connectivity index (χ2v) is 5.06. The Hall–Kier alpha value is -2.96. The maximum atomic E-state index is 12.0. The third-order valence-corrected chi connectivity index (χ3v) is 3.79. The van der Waals surface area contributed by atoms with Crippen LogP contribution in [0.2, 0.25) is 0 Å². The Kier molecular flexibility index (Phi) is 2.78. The highest BCUT2D eigenvalue weighted by molar-refractivity contribution is 6.01. The molecule has 0 bridgehead atoms. The van der Waals surface area contributed by atoms with Crippen LogP contribution in [-0.2, 0) is 4.79 Å². The van der Waals surface area contributed by atoms with Gasteiger partial charge in [0.25, 0.3) is 0 Å². The van der Waals surface area contributed by atoms with Gasteiger partial charge in [-0.15, -0.1) is 0 Å². The third kappa shape index (κ3) is 1.82. The molecule has 1 aromatic carbocycles. The van der Waals surface area contributed by atoms with Gasteiger partial charge in [-0.05, 0) is 13.0 Å². The number of anilines is 2. The molecule has 3 aromatic rings. The van der Waals surface area contributed by atoms with Crippen molar-refractivity contribution in [3.05, 3.63) is 30.6 Å². The number of hydrogen-bond donors (Lipinski definition) is 2. The zero-order valence-corrected chi connectivity index (χ0v) is 12.0. The van der Waals surface area contributed by atoms with Crippen LogP contribution < -0.4 is 10.2 Å². The van der Waals surface area contributed by atoms with Crippen molar-refractivity contribution in [1.29, 1.82) is 0 Å². The van der Waals surface area contributed by atoms with E-state index in [0.29, 0.717) is 18.2 Å². The molecule has 4 rings (SSSR count). The normalized spacial score (nSPS) is 14.0. The fourth-order valence-electron chi connectivity index (χ4n) is 2.71. The minimum atomic E-state index is 0.00275. The highest BCUT2D eigenvalue weighted by Gasteiger charge is 2.25. The van der Waals surface area contributed by atoms with Crippen LogP contribution in [-0.4, -0.2) is 39.2 Å². The van der Waals surface area contributed by atoms with Gasteiger partial charge in [-0.25, -0.2) is 9.97 Å². The van der Waals surface area contributed by atoms with E-state index < -0.39 is 0 Å². The van der Waals surface area contributed by atoms with Crippen molar-refractivity contribution in [2.24, 2.45) is 0 Å². The van der Waals surface area contributed by atoms with Crippen LogP contribution in [0, 0.1) is 0 Å². The molecule has 0 saturated carbocycles. The number of amides is 1. The number of carbonyl (C=O) groups is 1. The van der Waals surface area contributed by atoms with Crippen LogP contribution in [0.15, 0.2) is 30.6 Å². The number of rotatable bonds is 2. The van der Waals surface area contributed by atoms with Crippen LogP contribution in [0.4, 0.5) is 11.6 Å². The van der Waals surface area contributed by atoms with E-state index in [-0.39, 0.29) is 12.5 Å². The number of likely N-dealkylation sites (N-methyl/N-ethyl adjacent to an activating group) is 1. The highest BCUT2D eigenvalue weighted by Crippen LogP contribution is 2.31. The van der Waals surface area contributed by atoms with Crippen LogP contribution in [0.25, 0.3) is 22.2 Å². The second-order valence-electron chi connectivity index (χ2n) is 5.06. The fraction of sp³-hybridized carbons (Fsp3) is 0.200. The number of fused-ring (bicyclic) bond motifs is 2. The first-order chi connectivity index (χ1) is 10.8. The second kappa shape index (κ2) is 4.80. The summed E-state index contributed by atoms with van der Waals surface area (Å²) < 4.78 is 0. The number of benzene rings is 1. The number of H-pyrrole nitrogens is 1. The predicted molar refractivity (Wildman–Crippen MR) is 83.6 cm³/mol. The zero-order chi connectivity index (χ0) is 15.1. The monoisotopic (exact) mass is 294 g/mol. The molecule has 7 nitrogen and oxygen atoms in total. The van der Waals surface area contributed by atoms with Crippen molar-refractivity contribution in [3.63, 3.8) is 0 Å². The minimum Gasteiger partial charge on any atom is -0.358 e. The SMILES string of the molecule is CCN1C(=O)CNc2ncc(-c3cccc4[nH]ncc34)nc21. The molecule has 22 heavy (non-hydrogen) atoms. The smallest absolute Gasteiger partial charge is 0.247 e. The summed E-state index contributed by atoms with van der Waals surface area (Å²) in [4.78, 5) is 22.7. The average molecular weight is 294 g/mol. The Morgan fingerprint density at radius 3 is 3.09 bits per heavy atom. The van der Waals surface area contributed by atoms with Crippen LogP contribution in [0.1, 0.15) is 6.92 Å². The molecule has 2 N–H and O–H groups in total. The molecule has 1 aliphatic rings. The van der Waals surface area contributed by atoms with Crippen molar-refractivity contribution in [3.8, 4) is 11.3 Å². The lowest BCUT2D eigenvalue weighted by Crippen LogP contribution is -2.40. The molecule has 7 heteroatoms. The number of hydrogen-bond acceptors (Lipinski definition) is 5. The van der Waals surface area contributed by atoms with Crippen molar-refractivity contribution in [1.82, 2.24) is 20.2 Å². The number of carbonyl (C=O) groups excluding carboxylic acids is 1. The van der Waals surface area contributed by atoms with Gasteiger partial charge in [0.15, 0.2) is 11.6 Å². The Bertz CT molecular complexity index is 871. The zero-order valence-electron chi connectivity index (χ0n) is 12.0. The van der Waals surface area contributed by atoms with E-state index in [1.54, 1.807) is 17.3 Å². The largest absolute Gasteiger partial charge is 0.358 e. The Labute approximate surface area is 126 Å². The summed E-state index contributed by atoms with van der Waals surface area (Å²) in [6, 6.07) is 5.88. The van der Waals surface area contributed by atoms with Gasteiger partial charge in [0.2, 0.25) is 5.91 Å². The lowest BCUT2D eigenvalue weighted by molar-refractivity contribution is -0.117. The molecule has 3 heterocycles. The molecule has 1 amide bonds. The minimum absolute atomic E-state index is 0.00275. The molecular weight excluding hydrogens is 280 g/mol. The van der Waals surface area contributed by atoms with Gasteiger partial charge in [-0.2, -0.15) is 5.10 Å². The number of aromatic nitrogens is 4. The molecule has 0 unspecified atom stereocenters. The summed E-state index contributed by atoms with van der Waals surface area (Å²) in [5.74, 6) is 1.23. The molecule has 1 aliphatic heterocycles. The lowest BCUT2D eigenvalue weighted by atomic mass is 10.1. The lowest BCUT2D eigenvalue weighted by Gasteiger charge is -2.27. The van der Waals surface area contributed by atoms with Crippen molar-refractivity contribution >= 4 is 28.4 Å². The maximum Gasteiger partial charge on any atom is 0.247 e. The van der Waals surface area contributed by atoms with Gasteiger partial charge in [-0.1, -0.05) is 12.1 Å². The summed E-state index contributed by atoms with van der Waals surface area (Å²) in [5.41, 5.74) is 2.61. The third-order valence-electron chi connectivity index (χ3n) is 3.79. The van der Waals surface area contributed by atoms with E-state index >= 15 is 0 Å². The van der Waals surface area contributed by atoms with Gasteiger partial charge in [0.1, 0.15) is 0 Å². The van der Waals surface area contributed by atoms with E-state index in [0.717, 1.165) is 22.2 Å². The van der Waals surface area contributed by atoms with Crippen molar-refractivity contribution in [2.45, 2.75) is 6.92 Å². The first-order valence-electron chi connectivity index (χ1n) is 7.11. The summed E-state index contributed by atoms with van der Waals surface area (Å²) in [6.07, 6.45) is 3.49. The molecular formula is C15H14N6O. The molecule has 0 fully saturated rings. The molecule has 2 aromatic heterocycles. The maximum absolute atomic E-state index is 12.0. The van der Waals surface area contributed by atoms with Gasteiger partial charge in [0, 0.05) is 17.5 Å². The van der Waals surface area contributed by atoms with Gasteiger partial charge in [-0.3, -0.25) is 14.8 Å². The van der Waals surface area contributed by atoms with E-state index in [2.05, 4.69) is 25.5 Å². The van der Waals surface area contributed by atoms with Gasteiger partial charge < -0.3 is 5.32 Å². The first kappa shape index (κ1) is 12.8. The van der Waals surface area contributed by atoms with E-state index in [9.17, 15) is 4.79 Å². The molecule has 0 spiro atoms. The molecule has 0 aliphatic carbocycles. The number of nitrogens with one attached hydrogen (secondary N) is 2. The highest BCUT2D eigenvalue weighted by atomic mass is 16.2. The molecule has 0 atom stereocenters. The summed E-state index contributed by atoms with van der Waals surface area (Å²) >= 11 is 0. The van der Waals surface area contributed by atoms with Gasteiger partial charge >= 0.3 is 0 Å². The van der Waals surface area contributed by atoms with Crippen LogP contribution in [0.5, 0.6) is 0 Å². The van der Waals surface area contributed by atoms with Crippen LogP contribution >= 0.6 is 0 Å². The van der Waals surface area contributed by atoms with Crippen molar-refractivity contribution in [2.75, 3.05) is 23.3 Å². The van der Waals surface area contributed by atoms with E-state index in [1.807, 2.05) is 25.1 Å². The number of nitrogens with zero attached hydrogens (tertiary/aromatic N) is 4. The topological polar surface area (TPSA) is 86.8 Å². The van der Waals surface area contributed by atoms with E-state index in [4.69, 9.17) is 0 Å². The Morgan fingerprint density at radius 1 is 1.32 bits per heavy atom. The van der Waals surface area contributed by atoms with Gasteiger partial charge in [0.05, 0.1) is 30.1 Å². The predicted octanol–water partition coefficient (Wildman–Crippen LogP) is 1.80. The van der Waals surface area contributed by atoms with Crippen molar-refractivity contribution < 1.29 is 4.79 Å². The van der Waals surface area contributed by atoms with E-state index in [1.165, 1.54) is 0 Å². The quantitative estimate of drug-likeness (QED) is 0.752. The Balaban J connectivity index is 1.89. The summed E-state index contributed by atoms with van der Waals surface area (Å²) in [7, 11) is 0. The first-order valence-corrected chi connectivity index (χ1v) is 7.11. The summed E-state index contributed by atoms with van der Waals surface area (Å²) in [5, 5.41) is 11.0. The summed E-state index contributed by atoms with van der Waals surface area (Å²) in [6.45, 7) is 2.76.